The maximum absolute atomic E-state index is 12.2. The van der Waals surface area contributed by atoms with Crippen LogP contribution in [-0.4, -0.2) is 54.3 Å². The van der Waals surface area contributed by atoms with E-state index in [1.807, 2.05) is 39.8 Å². The number of anilines is 1. The molecule has 0 spiro atoms. The molecule has 1 aromatic rings. The molecular formula is C17H27N3O2. The van der Waals surface area contributed by atoms with E-state index in [1.165, 1.54) is 0 Å². The molecule has 0 radical (unpaired) electrons. The van der Waals surface area contributed by atoms with Crippen LogP contribution < -0.4 is 5.32 Å². The molecule has 0 aromatic heterocycles. The van der Waals surface area contributed by atoms with Crippen molar-refractivity contribution in [2.75, 3.05) is 38.0 Å². The van der Waals surface area contributed by atoms with Crippen molar-refractivity contribution in [1.29, 1.82) is 0 Å². The van der Waals surface area contributed by atoms with Crippen molar-refractivity contribution in [3.05, 3.63) is 29.8 Å². The highest BCUT2D eigenvalue weighted by Gasteiger charge is 2.12. The van der Waals surface area contributed by atoms with Crippen LogP contribution in [0.15, 0.2) is 24.3 Å². The maximum atomic E-state index is 12.2. The molecular weight excluding hydrogens is 278 g/mol. The fourth-order valence-electron chi connectivity index (χ4n) is 2.29. The smallest absolute Gasteiger partial charge is 0.253 e. The van der Waals surface area contributed by atoms with E-state index in [-0.39, 0.29) is 18.4 Å². The van der Waals surface area contributed by atoms with Crippen LogP contribution >= 0.6 is 0 Å². The van der Waals surface area contributed by atoms with Gasteiger partial charge in [-0.05, 0) is 52.0 Å². The van der Waals surface area contributed by atoms with E-state index >= 15 is 0 Å². The average molecular weight is 305 g/mol. The Morgan fingerprint density at radius 2 is 1.36 bits per heavy atom. The number of hydrogen-bond acceptors (Lipinski definition) is 3. The van der Waals surface area contributed by atoms with Crippen LogP contribution in [0.4, 0.5) is 5.69 Å². The molecule has 1 aromatic carbocycles. The highest BCUT2D eigenvalue weighted by Crippen LogP contribution is 2.11. The second-order valence-electron chi connectivity index (χ2n) is 4.97. The molecule has 0 aliphatic carbocycles. The number of amides is 2. The van der Waals surface area contributed by atoms with Crippen molar-refractivity contribution in [2.45, 2.75) is 27.7 Å². The Morgan fingerprint density at radius 3 is 1.82 bits per heavy atom. The summed E-state index contributed by atoms with van der Waals surface area (Å²) in [6.07, 6.45) is 0. The molecule has 22 heavy (non-hydrogen) atoms. The van der Waals surface area contributed by atoms with E-state index < -0.39 is 0 Å². The molecule has 1 rings (SSSR count). The summed E-state index contributed by atoms with van der Waals surface area (Å²) < 4.78 is 0. The van der Waals surface area contributed by atoms with E-state index in [2.05, 4.69) is 5.32 Å². The first kappa shape index (κ1) is 18.0. The number of nitrogens with zero attached hydrogens (tertiary/aromatic N) is 2. The van der Waals surface area contributed by atoms with Crippen molar-refractivity contribution in [3.8, 4) is 0 Å². The molecule has 2 amide bonds. The van der Waals surface area contributed by atoms with Gasteiger partial charge in [-0.3, -0.25) is 9.59 Å². The van der Waals surface area contributed by atoms with Gasteiger partial charge in [0.25, 0.3) is 5.91 Å². The van der Waals surface area contributed by atoms with E-state index in [1.54, 1.807) is 21.9 Å². The van der Waals surface area contributed by atoms with Gasteiger partial charge >= 0.3 is 0 Å². The van der Waals surface area contributed by atoms with Crippen molar-refractivity contribution >= 4 is 17.5 Å². The zero-order valence-electron chi connectivity index (χ0n) is 14.1. The van der Waals surface area contributed by atoms with E-state index in [0.29, 0.717) is 31.7 Å². The van der Waals surface area contributed by atoms with Gasteiger partial charge in [-0.2, -0.15) is 0 Å². The van der Waals surface area contributed by atoms with E-state index in [9.17, 15) is 9.59 Å². The first-order valence-electron chi connectivity index (χ1n) is 7.98. The number of nitrogens with one attached hydrogen (secondary N) is 1. The summed E-state index contributed by atoms with van der Waals surface area (Å²) in [6, 6.07) is 7.27. The molecule has 0 aliphatic heterocycles. The van der Waals surface area contributed by atoms with Crippen LogP contribution in [0.25, 0.3) is 0 Å². The molecule has 5 nitrogen and oxygen atoms in total. The van der Waals surface area contributed by atoms with Crippen LogP contribution in [-0.2, 0) is 4.79 Å². The molecule has 0 aliphatic rings. The van der Waals surface area contributed by atoms with Gasteiger partial charge < -0.3 is 15.1 Å². The third kappa shape index (κ3) is 4.76. The quantitative estimate of drug-likeness (QED) is 0.802. The molecule has 0 bridgehead atoms. The van der Waals surface area contributed by atoms with Gasteiger partial charge in [0.15, 0.2) is 0 Å². The van der Waals surface area contributed by atoms with Gasteiger partial charge in [-0.25, -0.2) is 0 Å². The van der Waals surface area contributed by atoms with Crippen molar-refractivity contribution in [2.24, 2.45) is 0 Å². The zero-order chi connectivity index (χ0) is 16.5. The summed E-state index contributed by atoms with van der Waals surface area (Å²) in [5.74, 6) is 0.115. The Hall–Kier alpha value is -2.04. The first-order chi connectivity index (χ1) is 10.6. The number of benzene rings is 1. The Labute approximate surface area is 133 Å². The predicted molar refractivity (Wildman–Crippen MR) is 90.1 cm³/mol. The monoisotopic (exact) mass is 305 g/mol. The molecule has 5 heteroatoms. The molecule has 0 unspecified atom stereocenters. The molecule has 0 heterocycles. The van der Waals surface area contributed by atoms with Crippen LogP contribution in [0.1, 0.15) is 38.1 Å². The van der Waals surface area contributed by atoms with Crippen molar-refractivity contribution in [3.63, 3.8) is 0 Å². The molecule has 0 fully saturated rings. The lowest BCUT2D eigenvalue weighted by Gasteiger charge is -2.20. The van der Waals surface area contributed by atoms with Gasteiger partial charge in [0.05, 0.1) is 6.54 Å². The molecule has 122 valence electrons. The largest absolute Gasteiger partial charge is 0.376 e. The Balaban J connectivity index is 2.62. The van der Waals surface area contributed by atoms with Gasteiger partial charge in [0.2, 0.25) is 5.91 Å². The molecule has 0 atom stereocenters. The van der Waals surface area contributed by atoms with E-state index in [4.69, 9.17) is 0 Å². The van der Waals surface area contributed by atoms with E-state index in [0.717, 1.165) is 5.69 Å². The molecule has 1 N–H and O–H groups in total. The number of carbonyl (C=O) groups is 2. The Kier molecular flexibility index (Phi) is 7.43. The number of hydrogen-bond donors (Lipinski definition) is 1. The standard InChI is InChI=1S/C17H27N3O2/c1-5-19(6-2)16(21)13-18-15-11-9-14(10-12-15)17(22)20(7-3)8-4/h9-12,18H,5-8,13H2,1-4H3. The minimum absolute atomic E-state index is 0.0377. The van der Waals surface area contributed by atoms with Crippen LogP contribution in [0.5, 0.6) is 0 Å². The van der Waals surface area contributed by atoms with Gasteiger partial charge in [0.1, 0.15) is 0 Å². The highest BCUT2D eigenvalue weighted by atomic mass is 16.2. The minimum atomic E-state index is 0.0377. The van der Waals surface area contributed by atoms with Gasteiger partial charge in [-0.15, -0.1) is 0 Å². The summed E-state index contributed by atoms with van der Waals surface area (Å²) >= 11 is 0. The van der Waals surface area contributed by atoms with Gasteiger partial charge in [-0.1, -0.05) is 0 Å². The average Bonchev–Trinajstić information content (AvgIpc) is 2.55. The summed E-state index contributed by atoms with van der Waals surface area (Å²) in [4.78, 5) is 27.7. The lowest BCUT2D eigenvalue weighted by Crippen LogP contribution is -2.35. The normalized spacial score (nSPS) is 10.2. The van der Waals surface area contributed by atoms with Crippen molar-refractivity contribution < 1.29 is 9.59 Å². The topological polar surface area (TPSA) is 52.7 Å². The lowest BCUT2D eigenvalue weighted by atomic mass is 10.1. The lowest BCUT2D eigenvalue weighted by molar-refractivity contribution is -0.128. The molecule has 0 saturated heterocycles. The summed E-state index contributed by atoms with van der Waals surface area (Å²) in [5, 5.41) is 3.10. The second-order valence-corrected chi connectivity index (χ2v) is 4.97. The number of likely N-dealkylation sites (N-methyl/N-ethyl adjacent to an activating group) is 1. The highest BCUT2D eigenvalue weighted by molar-refractivity contribution is 5.94. The fraction of sp³-hybridized carbons (Fsp3) is 0.529. The predicted octanol–water partition coefficient (Wildman–Crippen LogP) is 2.45. The number of rotatable bonds is 8. The van der Waals surface area contributed by atoms with Crippen LogP contribution in [0.3, 0.4) is 0 Å². The van der Waals surface area contributed by atoms with Crippen molar-refractivity contribution in [1.82, 2.24) is 9.80 Å². The number of carbonyl (C=O) groups excluding carboxylic acids is 2. The first-order valence-corrected chi connectivity index (χ1v) is 7.98. The maximum Gasteiger partial charge on any atom is 0.253 e. The second kappa shape index (κ2) is 9.07. The third-order valence-electron chi connectivity index (χ3n) is 3.74. The minimum Gasteiger partial charge on any atom is -0.376 e. The third-order valence-corrected chi connectivity index (χ3v) is 3.74. The van der Waals surface area contributed by atoms with Crippen LogP contribution in [0.2, 0.25) is 0 Å². The Morgan fingerprint density at radius 1 is 0.864 bits per heavy atom. The van der Waals surface area contributed by atoms with Crippen LogP contribution in [0, 0.1) is 0 Å². The zero-order valence-corrected chi connectivity index (χ0v) is 14.1. The van der Waals surface area contributed by atoms with Gasteiger partial charge in [0, 0.05) is 37.4 Å². The SMILES string of the molecule is CCN(CC)C(=O)CNc1ccc(C(=O)N(CC)CC)cc1. The summed E-state index contributed by atoms with van der Waals surface area (Å²) in [5.41, 5.74) is 1.51. The summed E-state index contributed by atoms with van der Waals surface area (Å²) in [7, 11) is 0. The molecule has 0 saturated carbocycles. The Bertz CT molecular complexity index is 477. The fourth-order valence-corrected chi connectivity index (χ4v) is 2.29. The summed E-state index contributed by atoms with van der Waals surface area (Å²) in [6.45, 7) is 11.0.